The zero-order valence-electron chi connectivity index (χ0n) is 7.59. The van der Waals surface area contributed by atoms with Crippen molar-refractivity contribution in [1.29, 1.82) is 0 Å². The van der Waals surface area contributed by atoms with Gasteiger partial charge in [-0.2, -0.15) is 0 Å². The Balaban J connectivity index is 2.24. The maximum Gasteiger partial charge on any atom is 0.248 e. The molecule has 1 fully saturated rings. The summed E-state index contributed by atoms with van der Waals surface area (Å²) in [4.78, 5) is 11.0. The van der Waals surface area contributed by atoms with E-state index in [2.05, 4.69) is 10.6 Å². The number of rotatable bonds is 3. The standard InChI is InChI=1S/C8H16N2O2/c1-6(8(11)9-2)12-7-3-4-10-5-7/h6-7,10H,3-5H2,1-2H3,(H,9,11). The van der Waals surface area contributed by atoms with Crippen molar-refractivity contribution in [1.82, 2.24) is 10.6 Å². The molecule has 0 aliphatic carbocycles. The second-order valence-corrected chi connectivity index (χ2v) is 3.01. The summed E-state index contributed by atoms with van der Waals surface area (Å²) in [6.45, 7) is 3.63. The fourth-order valence-corrected chi connectivity index (χ4v) is 1.30. The largest absolute Gasteiger partial charge is 0.364 e. The molecule has 1 heterocycles. The van der Waals surface area contributed by atoms with E-state index in [9.17, 15) is 4.79 Å². The van der Waals surface area contributed by atoms with Gasteiger partial charge in [0.2, 0.25) is 5.91 Å². The summed E-state index contributed by atoms with van der Waals surface area (Å²) < 4.78 is 5.49. The smallest absolute Gasteiger partial charge is 0.248 e. The zero-order valence-corrected chi connectivity index (χ0v) is 7.59. The number of nitrogens with one attached hydrogen (secondary N) is 2. The lowest BCUT2D eigenvalue weighted by Crippen LogP contribution is -2.35. The number of hydrogen-bond acceptors (Lipinski definition) is 3. The van der Waals surface area contributed by atoms with Crippen molar-refractivity contribution in [3.05, 3.63) is 0 Å². The zero-order chi connectivity index (χ0) is 8.97. The quantitative estimate of drug-likeness (QED) is 0.603. The Morgan fingerprint density at radius 2 is 2.50 bits per heavy atom. The van der Waals surface area contributed by atoms with Crippen LogP contribution < -0.4 is 10.6 Å². The van der Waals surface area contributed by atoms with Crippen LogP contribution in [0.15, 0.2) is 0 Å². The van der Waals surface area contributed by atoms with Crippen molar-refractivity contribution in [3.8, 4) is 0 Å². The van der Waals surface area contributed by atoms with Gasteiger partial charge in [0.1, 0.15) is 6.10 Å². The van der Waals surface area contributed by atoms with Crippen LogP contribution in [0.4, 0.5) is 0 Å². The molecule has 2 unspecified atom stereocenters. The molecule has 0 radical (unpaired) electrons. The highest BCUT2D eigenvalue weighted by molar-refractivity contribution is 5.79. The summed E-state index contributed by atoms with van der Waals surface area (Å²) in [6.07, 6.45) is 0.874. The van der Waals surface area contributed by atoms with Crippen LogP contribution in [0.1, 0.15) is 13.3 Å². The van der Waals surface area contributed by atoms with Crippen molar-refractivity contribution in [2.45, 2.75) is 25.6 Å². The molecule has 0 aromatic carbocycles. The number of likely N-dealkylation sites (N-methyl/N-ethyl adjacent to an activating group) is 1. The highest BCUT2D eigenvalue weighted by Gasteiger charge is 2.20. The van der Waals surface area contributed by atoms with E-state index in [1.807, 2.05) is 0 Å². The van der Waals surface area contributed by atoms with Gasteiger partial charge < -0.3 is 15.4 Å². The molecule has 2 N–H and O–H groups in total. The molecule has 0 aromatic heterocycles. The molecule has 0 spiro atoms. The van der Waals surface area contributed by atoms with Crippen LogP contribution in [0.25, 0.3) is 0 Å². The molecule has 0 bridgehead atoms. The first-order valence-electron chi connectivity index (χ1n) is 4.32. The molecule has 1 aliphatic rings. The predicted molar refractivity (Wildman–Crippen MR) is 45.9 cm³/mol. The van der Waals surface area contributed by atoms with E-state index in [0.717, 1.165) is 19.5 Å². The van der Waals surface area contributed by atoms with Crippen LogP contribution in [0.2, 0.25) is 0 Å². The van der Waals surface area contributed by atoms with E-state index in [-0.39, 0.29) is 18.1 Å². The number of carbonyl (C=O) groups excluding carboxylic acids is 1. The molecule has 4 nitrogen and oxygen atoms in total. The molecular weight excluding hydrogens is 156 g/mol. The van der Waals surface area contributed by atoms with Crippen molar-refractivity contribution in [2.75, 3.05) is 20.1 Å². The fraction of sp³-hybridized carbons (Fsp3) is 0.875. The molecule has 1 rings (SSSR count). The lowest BCUT2D eigenvalue weighted by atomic mass is 10.3. The Kier molecular flexibility index (Phi) is 3.49. The Morgan fingerprint density at radius 3 is 3.00 bits per heavy atom. The van der Waals surface area contributed by atoms with Crippen molar-refractivity contribution in [2.24, 2.45) is 0 Å². The van der Waals surface area contributed by atoms with E-state index in [1.54, 1.807) is 14.0 Å². The monoisotopic (exact) mass is 172 g/mol. The SMILES string of the molecule is CNC(=O)C(C)OC1CCNC1. The van der Waals surface area contributed by atoms with Crippen LogP contribution >= 0.6 is 0 Å². The summed E-state index contributed by atoms with van der Waals surface area (Å²) in [5.74, 6) is -0.0538. The van der Waals surface area contributed by atoms with E-state index < -0.39 is 0 Å². The van der Waals surface area contributed by atoms with Gasteiger partial charge in [-0.05, 0) is 19.9 Å². The van der Waals surface area contributed by atoms with Gasteiger partial charge in [0, 0.05) is 13.6 Å². The molecular formula is C8H16N2O2. The summed E-state index contributed by atoms with van der Waals surface area (Å²) in [5.41, 5.74) is 0. The number of carbonyl (C=O) groups is 1. The number of hydrogen-bond donors (Lipinski definition) is 2. The average molecular weight is 172 g/mol. The van der Waals surface area contributed by atoms with Crippen LogP contribution in [-0.4, -0.2) is 38.3 Å². The molecule has 2 atom stereocenters. The molecule has 1 aliphatic heterocycles. The molecule has 0 saturated carbocycles. The third-order valence-electron chi connectivity index (χ3n) is 2.03. The fourth-order valence-electron chi connectivity index (χ4n) is 1.30. The van der Waals surface area contributed by atoms with Gasteiger partial charge in [0.05, 0.1) is 6.10 Å². The third-order valence-corrected chi connectivity index (χ3v) is 2.03. The Morgan fingerprint density at radius 1 is 1.75 bits per heavy atom. The van der Waals surface area contributed by atoms with Gasteiger partial charge in [-0.25, -0.2) is 0 Å². The van der Waals surface area contributed by atoms with Gasteiger partial charge in [-0.1, -0.05) is 0 Å². The van der Waals surface area contributed by atoms with Crippen molar-refractivity contribution >= 4 is 5.91 Å². The van der Waals surface area contributed by atoms with E-state index >= 15 is 0 Å². The lowest BCUT2D eigenvalue weighted by Gasteiger charge is -2.16. The van der Waals surface area contributed by atoms with Gasteiger partial charge in [0.15, 0.2) is 0 Å². The summed E-state index contributed by atoms with van der Waals surface area (Å²) >= 11 is 0. The molecule has 70 valence electrons. The maximum absolute atomic E-state index is 11.0. The molecule has 1 saturated heterocycles. The first-order chi connectivity index (χ1) is 5.74. The van der Waals surface area contributed by atoms with Gasteiger partial charge in [0.25, 0.3) is 0 Å². The molecule has 12 heavy (non-hydrogen) atoms. The average Bonchev–Trinajstić information content (AvgIpc) is 2.55. The minimum atomic E-state index is -0.333. The molecule has 1 amide bonds. The van der Waals surface area contributed by atoms with E-state index in [4.69, 9.17) is 4.74 Å². The Bertz CT molecular complexity index is 155. The third kappa shape index (κ3) is 2.46. The van der Waals surface area contributed by atoms with Gasteiger partial charge >= 0.3 is 0 Å². The predicted octanol–water partition coefficient (Wildman–Crippen LogP) is -0.501. The Labute approximate surface area is 72.7 Å². The van der Waals surface area contributed by atoms with E-state index in [0.29, 0.717) is 0 Å². The maximum atomic E-state index is 11.0. The first-order valence-corrected chi connectivity index (χ1v) is 4.32. The van der Waals surface area contributed by atoms with E-state index in [1.165, 1.54) is 0 Å². The van der Waals surface area contributed by atoms with Crippen molar-refractivity contribution < 1.29 is 9.53 Å². The highest BCUT2D eigenvalue weighted by Crippen LogP contribution is 2.06. The lowest BCUT2D eigenvalue weighted by molar-refractivity contribution is -0.134. The second kappa shape index (κ2) is 4.42. The van der Waals surface area contributed by atoms with Crippen LogP contribution in [0.5, 0.6) is 0 Å². The minimum absolute atomic E-state index is 0.0538. The normalized spacial score (nSPS) is 25.3. The van der Waals surface area contributed by atoms with Crippen LogP contribution in [-0.2, 0) is 9.53 Å². The van der Waals surface area contributed by atoms with Crippen molar-refractivity contribution in [3.63, 3.8) is 0 Å². The molecule has 4 heteroatoms. The minimum Gasteiger partial charge on any atom is -0.364 e. The Hall–Kier alpha value is -0.610. The van der Waals surface area contributed by atoms with Crippen LogP contribution in [0.3, 0.4) is 0 Å². The summed E-state index contributed by atoms with van der Waals surface area (Å²) in [7, 11) is 1.62. The summed E-state index contributed by atoms with van der Waals surface area (Å²) in [5, 5.41) is 5.73. The summed E-state index contributed by atoms with van der Waals surface area (Å²) in [6, 6.07) is 0. The van der Waals surface area contributed by atoms with Gasteiger partial charge in [-0.3, -0.25) is 4.79 Å². The number of ether oxygens (including phenoxy) is 1. The second-order valence-electron chi connectivity index (χ2n) is 3.01. The topological polar surface area (TPSA) is 50.4 Å². The first kappa shape index (κ1) is 9.48. The van der Waals surface area contributed by atoms with Crippen LogP contribution in [0, 0.1) is 0 Å². The number of amides is 1. The molecule has 0 aromatic rings. The highest BCUT2D eigenvalue weighted by atomic mass is 16.5. The van der Waals surface area contributed by atoms with Gasteiger partial charge in [-0.15, -0.1) is 0 Å².